The van der Waals surface area contributed by atoms with Crippen LogP contribution in [-0.4, -0.2) is 18.7 Å². The molecule has 0 aromatic carbocycles. The normalized spacial score (nSPS) is 17.2. The van der Waals surface area contributed by atoms with Gasteiger partial charge >= 0.3 is 0 Å². The Bertz CT molecular complexity index is 474. The van der Waals surface area contributed by atoms with Gasteiger partial charge < -0.3 is 4.74 Å². The van der Waals surface area contributed by atoms with E-state index in [1.807, 2.05) is 6.92 Å². The molecule has 0 saturated heterocycles. The number of hydrogen-bond donors (Lipinski definition) is 0. The molecule has 0 aromatic rings. The maximum Gasteiger partial charge on any atom is 0.223 e. The molecule has 3 heteroatoms. The summed E-state index contributed by atoms with van der Waals surface area (Å²) in [5, 5.41) is 0. The lowest BCUT2D eigenvalue weighted by molar-refractivity contribution is -0.118. The first-order chi connectivity index (χ1) is 8.88. The highest BCUT2D eigenvalue weighted by Crippen LogP contribution is 2.27. The minimum absolute atomic E-state index is 0.0849. The van der Waals surface area contributed by atoms with Gasteiger partial charge in [0.2, 0.25) is 5.78 Å². The molecule has 0 radical (unpaired) electrons. The Morgan fingerprint density at radius 2 is 2.00 bits per heavy atom. The van der Waals surface area contributed by atoms with Crippen LogP contribution in [0.4, 0.5) is 0 Å². The van der Waals surface area contributed by atoms with Gasteiger partial charge in [0.25, 0.3) is 0 Å². The quantitative estimate of drug-likeness (QED) is 0.563. The molecule has 0 N–H and O–H groups in total. The molecule has 0 aromatic heterocycles. The Morgan fingerprint density at radius 3 is 2.53 bits per heavy atom. The second-order valence-corrected chi connectivity index (χ2v) is 5.20. The molecule has 104 valence electrons. The van der Waals surface area contributed by atoms with Crippen LogP contribution in [0.2, 0.25) is 0 Å². The van der Waals surface area contributed by atoms with E-state index in [1.165, 1.54) is 18.8 Å². The van der Waals surface area contributed by atoms with Crippen molar-refractivity contribution in [3.05, 3.63) is 34.6 Å². The zero-order chi connectivity index (χ0) is 14.6. The van der Waals surface area contributed by atoms with Gasteiger partial charge in [0.05, 0.1) is 7.11 Å². The summed E-state index contributed by atoms with van der Waals surface area (Å²) in [5.74, 6) is -0.0470. The maximum absolute atomic E-state index is 12.1. The van der Waals surface area contributed by atoms with E-state index in [0.29, 0.717) is 11.1 Å². The largest absolute Gasteiger partial charge is 0.493 e. The van der Waals surface area contributed by atoms with Crippen LogP contribution in [0.25, 0.3) is 0 Å². The summed E-state index contributed by atoms with van der Waals surface area (Å²) in [7, 11) is 1.41. The monoisotopic (exact) mass is 262 g/mol. The topological polar surface area (TPSA) is 43.4 Å². The third-order valence-electron chi connectivity index (χ3n) is 3.36. The fourth-order valence-corrected chi connectivity index (χ4v) is 2.28. The SMILES string of the molecule is COC1=CC(=O)C(C(C)CCC=C(C)C)=C(C)C1=O. The Balaban J connectivity index is 2.88. The number of carbonyl (C=O) groups is 2. The maximum atomic E-state index is 12.1. The van der Waals surface area contributed by atoms with Crippen LogP contribution < -0.4 is 0 Å². The second kappa shape index (κ2) is 6.50. The minimum atomic E-state index is -0.175. The molecule has 0 aliphatic heterocycles. The molecule has 0 spiro atoms. The van der Waals surface area contributed by atoms with Crippen LogP contribution in [-0.2, 0) is 14.3 Å². The first-order valence-corrected chi connectivity index (χ1v) is 6.57. The molecule has 1 unspecified atom stereocenters. The standard InChI is InChI=1S/C16H22O3/c1-10(2)7-6-8-11(3)15-12(4)16(18)14(19-5)9-13(15)17/h7,9,11H,6,8H2,1-5H3. The van der Waals surface area contributed by atoms with Crippen molar-refractivity contribution in [1.82, 2.24) is 0 Å². The van der Waals surface area contributed by atoms with Gasteiger partial charge in [0.15, 0.2) is 11.5 Å². The fourth-order valence-electron chi connectivity index (χ4n) is 2.28. The molecule has 0 heterocycles. The van der Waals surface area contributed by atoms with Crippen molar-refractivity contribution in [2.24, 2.45) is 5.92 Å². The predicted molar refractivity (Wildman–Crippen MR) is 75.6 cm³/mol. The summed E-state index contributed by atoms with van der Waals surface area (Å²) in [6, 6.07) is 0. The average Bonchev–Trinajstić information content (AvgIpc) is 2.33. The molecule has 1 aliphatic carbocycles. The van der Waals surface area contributed by atoms with Crippen LogP contribution in [0, 0.1) is 5.92 Å². The van der Waals surface area contributed by atoms with Crippen molar-refractivity contribution < 1.29 is 14.3 Å². The lowest BCUT2D eigenvalue weighted by atomic mass is 9.84. The Morgan fingerprint density at radius 1 is 1.37 bits per heavy atom. The van der Waals surface area contributed by atoms with Crippen molar-refractivity contribution >= 4 is 11.6 Å². The molecule has 0 amide bonds. The third kappa shape index (κ3) is 3.66. The minimum Gasteiger partial charge on any atom is -0.493 e. The second-order valence-electron chi connectivity index (χ2n) is 5.20. The van der Waals surface area contributed by atoms with Gasteiger partial charge in [-0.1, -0.05) is 18.6 Å². The molecule has 0 saturated carbocycles. The van der Waals surface area contributed by atoms with Crippen molar-refractivity contribution in [3.63, 3.8) is 0 Å². The highest BCUT2D eigenvalue weighted by molar-refractivity contribution is 6.21. The van der Waals surface area contributed by atoms with E-state index in [0.717, 1.165) is 12.8 Å². The summed E-state index contributed by atoms with van der Waals surface area (Å²) in [5.41, 5.74) is 2.42. The molecular formula is C16H22O3. The van der Waals surface area contributed by atoms with Gasteiger partial charge in [-0.15, -0.1) is 0 Å². The van der Waals surface area contributed by atoms with E-state index < -0.39 is 0 Å². The molecule has 1 rings (SSSR count). The van der Waals surface area contributed by atoms with Crippen LogP contribution in [0.3, 0.4) is 0 Å². The van der Waals surface area contributed by atoms with E-state index in [9.17, 15) is 9.59 Å². The van der Waals surface area contributed by atoms with Crippen LogP contribution >= 0.6 is 0 Å². The highest BCUT2D eigenvalue weighted by atomic mass is 16.5. The molecule has 1 aliphatic rings. The van der Waals surface area contributed by atoms with Crippen molar-refractivity contribution in [2.45, 2.75) is 40.5 Å². The van der Waals surface area contributed by atoms with E-state index in [1.54, 1.807) is 6.92 Å². The summed E-state index contributed by atoms with van der Waals surface area (Å²) < 4.78 is 4.93. The Labute approximate surface area is 115 Å². The summed E-state index contributed by atoms with van der Waals surface area (Å²) in [4.78, 5) is 24.1. The first kappa shape index (κ1) is 15.4. The lowest BCUT2D eigenvalue weighted by Gasteiger charge is -2.20. The molecule has 0 bridgehead atoms. The van der Waals surface area contributed by atoms with Gasteiger partial charge in [0.1, 0.15) is 0 Å². The summed E-state index contributed by atoms with van der Waals surface area (Å²) in [6.45, 7) is 7.81. The van der Waals surface area contributed by atoms with Gasteiger partial charge in [-0.2, -0.15) is 0 Å². The fraction of sp³-hybridized carbons (Fsp3) is 0.500. The van der Waals surface area contributed by atoms with Crippen molar-refractivity contribution in [1.29, 1.82) is 0 Å². The zero-order valence-electron chi connectivity index (χ0n) is 12.4. The first-order valence-electron chi connectivity index (χ1n) is 6.57. The van der Waals surface area contributed by atoms with Gasteiger partial charge in [-0.3, -0.25) is 9.59 Å². The van der Waals surface area contributed by atoms with Crippen LogP contribution in [0.15, 0.2) is 34.6 Å². The number of hydrogen-bond acceptors (Lipinski definition) is 3. The zero-order valence-corrected chi connectivity index (χ0v) is 12.4. The molecule has 1 atom stereocenters. The Kier molecular flexibility index (Phi) is 5.28. The number of ketones is 2. The Hall–Kier alpha value is -1.64. The van der Waals surface area contributed by atoms with Crippen molar-refractivity contribution in [3.8, 4) is 0 Å². The van der Waals surface area contributed by atoms with E-state index in [2.05, 4.69) is 19.9 Å². The molecule has 19 heavy (non-hydrogen) atoms. The van der Waals surface area contributed by atoms with Gasteiger partial charge in [-0.05, 0) is 39.5 Å². The van der Waals surface area contributed by atoms with E-state index in [-0.39, 0.29) is 23.2 Å². The number of rotatable bonds is 5. The number of ether oxygens (including phenoxy) is 1. The number of Topliss-reactive ketones (excluding diaryl/α,β-unsaturated/α-hetero) is 1. The molecule has 0 fully saturated rings. The van der Waals surface area contributed by atoms with Gasteiger partial charge in [0, 0.05) is 17.2 Å². The third-order valence-corrected chi connectivity index (χ3v) is 3.36. The number of carbonyl (C=O) groups excluding carboxylic acids is 2. The average molecular weight is 262 g/mol. The lowest BCUT2D eigenvalue weighted by Crippen LogP contribution is -2.22. The highest BCUT2D eigenvalue weighted by Gasteiger charge is 2.29. The predicted octanol–water partition coefficient (Wildman–Crippen LogP) is 3.37. The van der Waals surface area contributed by atoms with Gasteiger partial charge in [-0.25, -0.2) is 0 Å². The van der Waals surface area contributed by atoms with Crippen LogP contribution in [0.1, 0.15) is 40.5 Å². The van der Waals surface area contributed by atoms with E-state index in [4.69, 9.17) is 4.74 Å². The van der Waals surface area contributed by atoms with Crippen LogP contribution in [0.5, 0.6) is 0 Å². The number of methoxy groups -OCH3 is 1. The summed E-state index contributed by atoms with van der Waals surface area (Å²) in [6.07, 6.45) is 5.25. The van der Waals surface area contributed by atoms with Crippen molar-refractivity contribution in [2.75, 3.05) is 7.11 Å². The van der Waals surface area contributed by atoms with E-state index >= 15 is 0 Å². The summed E-state index contributed by atoms with van der Waals surface area (Å²) >= 11 is 0. The molecular weight excluding hydrogens is 240 g/mol. The molecule has 3 nitrogen and oxygen atoms in total. The smallest absolute Gasteiger partial charge is 0.223 e. The number of allylic oxidation sites excluding steroid dienone is 5.